The first-order valence-corrected chi connectivity index (χ1v) is 7.41. The average molecular weight is 292 g/mol. The molecular weight excluding hydrogens is 275 g/mol. The van der Waals surface area contributed by atoms with E-state index in [0.717, 1.165) is 5.56 Å². The first-order chi connectivity index (χ1) is 8.96. The van der Waals surface area contributed by atoms with Gasteiger partial charge in [-0.2, -0.15) is 0 Å². The van der Waals surface area contributed by atoms with Crippen LogP contribution in [0.1, 0.15) is 18.4 Å². The van der Waals surface area contributed by atoms with Gasteiger partial charge in [0.15, 0.2) is 0 Å². The number of rotatable bonds is 8. The van der Waals surface area contributed by atoms with E-state index in [1.54, 1.807) is 31.4 Å². The van der Waals surface area contributed by atoms with Crippen LogP contribution in [0.2, 0.25) is 0 Å². The Bertz CT molecular complexity index is 528. The van der Waals surface area contributed by atoms with Crippen LogP contribution in [0.5, 0.6) is 11.5 Å². The van der Waals surface area contributed by atoms with Crippen molar-refractivity contribution < 1.29 is 41.3 Å². The molecule has 0 heterocycles. The molecule has 0 aliphatic carbocycles. The Hall–Kier alpha value is -0.933. The second-order valence-corrected chi connectivity index (χ2v) is 5.45. The number of benzene rings is 1. The number of hydrogen-bond donors (Lipinski definition) is 0. The largest absolute Gasteiger partial charge is 1.00 e. The van der Waals surface area contributed by atoms with Crippen LogP contribution in [-0.2, 0) is 10.1 Å². The molecule has 1 rings (SSSR count). The number of methoxy groups -OCH3 is 1. The fraction of sp³-hybridized carbons (Fsp3) is 0.385. The third kappa shape index (κ3) is 7.01. The minimum absolute atomic E-state index is 0. The quantitative estimate of drug-likeness (QED) is 0.351. The van der Waals surface area contributed by atoms with E-state index in [9.17, 15) is 13.0 Å². The van der Waals surface area contributed by atoms with Gasteiger partial charge in [0, 0.05) is 11.3 Å². The van der Waals surface area contributed by atoms with Crippen LogP contribution in [0, 0.1) is 0 Å². The second-order valence-electron chi connectivity index (χ2n) is 3.93. The summed E-state index contributed by atoms with van der Waals surface area (Å²) >= 11 is 0. The zero-order valence-electron chi connectivity index (χ0n) is 11.8. The van der Waals surface area contributed by atoms with Crippen molar-refractivity contribution in [2.75, 3.05) is 19.5 Å². The van der Waals surface area contributed by atoms with E-state index in [1.165, 1.54) is 0 Å². The predicted molar refractivity (Wildman–Crippen MR) is 72.4 cm³/mol. The molecule has 1 aromatic carbocycles. The Morgan fingerprint density at radius 1 is 1.35 bits per heavy atom. The second kappa shape index (κ2) is 9.09. The van der Waals surface area contributed by atoms with Gasteiger partial charge in [0.2, 0.25) is 0 Å². The van der Waals surface area contributed by atoms with Crippen molar-refractivity contribution in [2.45, 2.75) is 12.8 Å². The molecule has 7 heteroatoms. The van der Waals surface area contributed by atoms with E-state index in [2.05, 4.69) is 6.58 Å². The summed E-state index contributed by atoms with van der Waals surface area (Å²) < 4.78 is 41.8. The summed E-state index contributed by atoms with van der Waals surface area (Å²) in [6.07, 6.45) is 2.45. The molecule has 0 bridgehead atoms. The molecule has 0 spiro atoms. The van der Waals surface area contributed by atoms with E-state index >= 15 is 0 Å². The molecule has 106 valence electrons. The Morgan fingerprint density at radius 2 is 2.05 bits per heavy atom. The summed E-state index contributed by atoms with van der Waals surface area (Å²) in [6, 6.07) is 5.33. The molecule has 0 unspecified atom stereocenters. The number of unbranched alkanes of at least 4 members (excludes halogenated alkanes) is 1. The topological polar surface area (TPSA) is 75.7 Å². The molecule has 0 saturated heterocycles. The van der Waals surface area contributed by atoms with Crippen molar-refractivity contribution in [3.8, 4) is 11.5 Å². The average Bonchev–Trinajstić information content (AvgIpc) is 2.37. The molecule has 0 aliphatic heterocycles. The zero-order chi connectivity index (χ0) is 14.3. The predicted octanol–water partition coefficient (Wildman–Crippen LogP) is -0.954. The Morgan fingerprint density at radius 3 is 2.60 bits per heavy atom. The fourth-order valence-electron chi connectivity index (χ4n) is 1.51. The molecule has 5 nitrogen and oxygen atoms in total. The Labute approximate surface area is 131 Å². The third-order valence-corrected chi connectivity index (χ3v) is 3.27. The van der Waals surface area contributed by atoms with E-state index in [0.29, 0.717) is 30.9 Å². The third-order valence-electron chi connectivity index (χ3n) is 2.48. The summed E-state index contributed by atoms with van der Waals surface area (Å²) in [4.78, 5) is 0. The van der Waals surface area contributed by atoms with Crippen molar-refractivity contribution in [3.63, 3.8) is 0 Å². The van der Waals surface area contributed by atoms with Crippen molar-refractivity contribution in [1.29, 1.82) is 0 Å². The van der Waals surface area contributed by atoms with Gasteiger partial charge in [0.1, 0.15) is 11.5 Å². The molecule has 0 N–H and O–H groups in total. The minimum Gasteiger partial charge on any atom is -0.748 e. The van der Waals surface area contributed by atoms with Gasteiger partial charge in [-0.3, -0.25) is 0 Å². The van der Waals surface area contributed by atoms with Gasteiger partial charge in [-0.1, -0.05) is 12.7 Å². The van der Waals surface area contributed by atoms with E-state index in [-0.39, 0.29) is 24.6 Å². The van der Waals surface area contributed by atoms with Gasteiger partial charge >= 0.3 is 18.9 Å². The Balaban J connectivity index is 0.00000361. The van der Waals surface area contributed by atoms with Crippen LogP contribution in [0.15, 0.2) is 24.8 Å². The molecule has 0 amide bonds. The van der Waals surface area contributed by atoms with Gasteiger partial charge in [0.05, 0.1) is 23.8 Å². The maximum Gasteiger partial charge on any atom is 1.00 e. The monoisotopic (exact) mass is 292 g/mol. The van der Waals surface area contributed by atoms with Gasteiger partial charge < -0.3 is 14.0 Å². The van der Waals surface area contributed by atoms with Crippen LogP contribution in [0.4, 0.5) is 0 Å². The molecule has 0 aromatic heterocycles. The zero-order valence-corrected chi connectivity index (χ0v) is 12.6. The van der Waals surface area contributed by atoms with Crippen LogP contribution >= 0.6 is 0 Å². The summed E-state index contributed by atoms with van der Waals surface area (Å²) in [6.45, 7) is 4.04. The molecule has 0 radical (unpaired) electrons. The van der Waals surface area contributed by atoms with Gasteiger partial charge in [0.25, 0.3) is 0 Å². The van der Waals surface area contributed by atoms with Crippen molar-refractivity contribution >= 4 is 16.2 Å². The first-order valence-electron chi connectivity index (χ1n) is 5.83. The summed E-state index contributed by atoms with van der Waals surface area (Å²) in [7, 11) is -2.55. The summed E-state index contributed by atoms with van der Waals surface area (Å²) in [5.41, 5.74) is 0.802. The van der Waals surface area contributed by atoms with E-state index < -0.39 is 10.1 Å². The van der Waals surface area contributed by atoms with Crippen molar-refractivity contribution in [2.24, 2.45) is 0 Å². The van der Waals surface area contributed by atoms with Gasteiger partial charge in [-0.25, -0.2) is 8.42 Å². The van der Waals surface area contributed by atoms with E-state index in [4.69, 9.17) is 9.47 Å². The van der Waals surface area contributed by atoms with Crippen LogP contribution in [-0.4, -0.2) is 32.4 Å². The maximum atomic E-state index is 10.4. The summed E-state index contributed by atoms with van der Waals surface area (Å²) in [5, 5.41) is 0. The first kappa shape index (κ1) is 19.1. The van der Waals surface area contributed by atoms with Gasteiger partial charge in [-0.15, -0.1) is 0 Å². The summed E-state index contributed by atoms with van der Waals surface area (Å²) in [5.74, 6) is 1.01. The smallest absolute Gasteiger partial charge is 0.748 e. The molecule has 0 atom stereocenters. The normalized spacial score (nSPS) is 10.5. The van der Waals surface area contributed by atoms with Crippen LogP contribution in [0.25, 0.3) is 6.08 Å². The molecular formula is C13H17LiO5S. The van der Waals surface area contributed by atoms with Crippen molar-refractivity contribution in [3.05, 3.63) is 30.3 Å². The van der Waals surface area contributed by atoms with E-state index in [1.807, 2.05) is 0 Å². The maximum absolute atomic E-state index is 10.4. The van der Waals surface area contributed by atoms with Crippen LogP contribution in [0.3, 0.4) is 0 Å². The molecule has 0 aliphatic rings. The number of ether oxygens (including phenoxy) is 2. The Kier molecular flexibility index (Phi) is 8.66. The minimum atomic E-state index is -4.13. The standard InChI is InChI=1S/C13H18O5S.Li/c1-3-11-10-12(17-2)6-7-13(11)18-8-4-5-9-19(14,15)16;/h3,6-7,10H,1,4-5,8-9H2,2H3,(H,14,15,16);/q;+1/p-1. The molecule has 0 saturated carbocycles. The molecule has 20 heavy (non-hydrogen) atoms. The SMILES string of the molecule is C=Cc1cc(OC)ccc1OCCCCS(=O)(=O)[O-].[Li+]. The molecule has 1 aromatic rings. The van der Waals surface area contributed by atoms with Gasteiger partial charge in [-0.05, 0) is 31.0 Å². The van der Waals surface area contributed by atoms with Crippen LogP contribution < -0.4 is 28.3 Å². The van der Waals surface area contributed by atoms with Crippen molar-refractivity contribution in [1.82, 2.24) is 0 Å². The fourth-order valence-corrected chi connectivity index (χ4v) is 2.07. The number of hydrogen-bond acceptors (Lipinski definition) is 5. The molecule has 0 fully saturated rings.